The summed E-state index contributed by atoms with van der Waals surface area (Å²) in [5.41, 5.74) is 1.79. The van der Waals surface area contributed by atoms with Crippen molar-refractivity contribution >= 4 is 5.91 Å². The molecule has 0 bridgehead atoms. The fourth-order valence-corrected chi connectivity index (χ4v) is 3.08. The third-order valence-electron chi connectivity index (χ3n) is 4.45. The average Bonchev–Trinajstić information content (AvgIpc) is 2.68. The minimum atomic E-state index is -0.0145. The molecule has 6 nitrogen and oxygen atoms in total. The number of carbonyl (C=O) groups excluding carboxylic acids is 1. The summed E-state index contributed by atoms with van der Waals surface area (Å²) in [7, 11) is 3.13. The second-order valence-corrected chi connectivity index (χ2v) is 5.96. The Morgan fingerprint density at radius 3 is 2.40 bits per heavy atom. The molecule has 1 amide bonds. The zero-order valence-corrected chi connectivity index (χ0v) is 14.6. The molecule has 1 saturated heterocycles. The first-order valence-electron chi connectivity index (χ1n) is 8.34. The van der Waals surface area contributed by atoms with Crippen molar-refractivity contribution in [3.05, 3.63) is 53.9 Å². The number of para-hydroxylation sites is 1. The molecule has 0 spiro atoms. The molecular formula is C19H23N3O3. The highest BCUT2D eigenvalue weighted by Crippen LogP contribution is 2.31. The number of piperazine rings is 1. The van der Waals surface area contributed by atoms with Gasteiger partial charge in [-0.1, -0.05) is 6.07 Å². The van der Waals surface area contributed by atoms with E-state index in [2.05, 4.69) is 9.88 Å². The number of carbonyl (C=O) groups is 1. The molecule has 2 heterocycles. The summed E-state index contributed by atoms with van der Waals surface area (Å²) in [6, 6.07) is 9.45. The van der Waals surface area contributed by atoms with E-state index in [1.54, 1.807) is 26.4 Å². The maximum Gasteiger partial charge on any atom is 0.257 e. The molecule has 0 unspecified atom stereocenters. The van der Waals surface area contributed by atoms with E-state index in [4.69, 9.17) is 9.47 Å². The van der Waals surface area contributed by atoms with E-state index in [-0.39, 0.29) is 5.91 Å². The highest BCUT2D eigenvalue weighted by atomic mass is 16.5. The highest BCUT2D eigenvalue weighted by Gasteiger charge is 2.25. The van der Waals surface area contributed by atoms with E-state index in [9.17, 15) is 4.79 Å². The van der Waals surface area contributed by atoms with Gasteiger partial charge in [-0.05, 0) is 29.8 Å². The van der Waals surface area contributed by atoms with E-state index in [1.807, 2.05) is 35.5 Å². The lowest BCUT2D eigenvalue weighted by Gasteiger charge is -2.35. The standard InChI is InChI=1S/C19H23N3O3/c1-24-17-5-3-4-16(18(17)25-2)19(23)22-12-10-21(11-13-22)14-15-6-8-20-9-7-15/h3-9H,10-14H2,1-2H3. The molecule has 0 aliphatic carbocycles. The fraction of sp³-hybridized carbons (Fsp3) is 0.368. The lowest BCUT2D eigenvalue weighted by molar-refractivity contribution is 0.0624. The van der Waals surface area contributed by atoms with Crippen LogP contribution in [0.5, 0.6) is 11.5 Å². The lowest BCUT2D eigenvalue weighted by Crippen LogP contribution is -2.48. The Bertz CT molecular complexity index is 713. The number of rotatable bonds is 5. The van der Waals surface area contributed by atoms with Gasteiger partial charge < -0.3 is 14.4 Å². The maximum absolute atomic E-state index is 12.9. The minimum Gasteiger partial charge on any atom is -0.493 e. The van der Waals surface area contributed by atoms with Gasteiger partial charge in [-0.3, -0.25) is 14.7 Å². The maximum atomic E-state index is 12.9. The summed E-state index contributed by atoms with van der Waals surface area (Å²) >= 11 is 0. The van der Waals surface area contributed by atoms with Crippen LogP contribution in [0, 0.1) is 0 Å². The van der Waals surface area contributed by atoms with Crippen LogP contribution in [0.2, 0.25) is 0 Å². The van der Waals surface area contributed by atoms with Crippen molar-refractivity contribution in [2.75, 3.05) is 40.4 Å². The Morgan fingerprint density at radius 1 is 1.04 bits per heavy atom. The van der Waals surface area contributed by atoms with Crippen LogP contribution in [-0.2, 0) is 6.54 Å². The first kappa shape index (κ1) is 17.2. The van der Waals surface area contributed by atoms with Gasteiger partial charge in [0.25, 0.3) is 5.91 Å². The van der Waals surface area contributed by atoms with E-state index >= 15 is 0 Å². The number of pyridine rings is 1. The first-order valence-corrected chi connectivity index (χ1v) is 8.34. The quantitative estimate of drug-likeness (QED) is 0.833. The Morgan fingerprint density at radius 2 is 1.76 bits per heavy atom. The Balaban J connectivity index is 1.64. The van der Waals surface area contributed by atoms with E-state index in [0.29, 0.717) is 30.2 Å². The second-order valence-electron chi connectivity index (χ2n) is 5.96. The summed E-state index contributed by atoms with van der Waals surface area (Å²) in [4.78, 5) is 21.1. The molecule has 0 atom stereocenters. The topological polar surface area (TPSA) is 54.9 Å². The molecule has 2 aromatic rings. The minimum absolute atomic E-state index is 0.0145. The third kappa shape index (κ3) is 3.91. The predicted octanol–water partition coefficient (Wildman–Crippen LogP) is 2.06. The van der Waals surface area contributed by atoms with Gasteiger partial charge in [0, 0.05) is 45.1 Å². The van der Waals surface area contributed by atoms with Crippen molar-refractivity contribution < 1.29 is 14.3 Å². The van der Waals surface area contributed by atoms with Gasteiger partial charge in [-0.25, -0.2) is 0 Å². The monoisotopic (exact) mass is 341 g/mol. The van der Waals surface area contributed by atoms with E-state index in [0.717, 1.165) is 19.6 Å². The van der Waals surface area contributed by atoms with Gasteiger partial charge in [0.2, 0.25) is 0 Å². The zero-order chi connectivity index (χ0) is 17.6. The molecular weight excluding hydrogens is 318 g/mol. The van der Waals surface area contributed by atoms with Crippen LogP contribution in [0.25, 0.3) is 0 Å². The van der Waals surface area contributed by atoms with Gasteiger partial charge in [0.15, 0.2) is 11.5 Å². The highest BCUT2D eigenvalue weighted by molar-refractivity contribution is 5.97. The predicted molar refractivity (Wildman–Crippen MR) is 95.0 cm³/mol. The molecule has 6 heteroatoms. The van der Waals surface area contributed by atoms with Crippen LogP contribution < -0.4 is 9.47 Å². The number of amides is 1. The summed E-state index contributed by atoms with van der Waals surface area (Å²) in [5, 5.41) is 0. The molecule has 1 aliphatic rings. The molecule has 1 aromatic heterocycles. The normalized spacial score (nSPS) is 15.0. The summed E-state index contributed by atoms with van der Waals surface area (Å²) < 4.78 is 10.7. The van der Waals surface area contributed by atoms with Gasteiger partial charge in [-0.15, -0.1) is 0 Å². The summed E-state index contributed by atoms with van der Waals surface area (Å²) in [6.45, 7) is 3.97. The van der Waals surface area contributed by atoms with Crippen molar-refractivity contribution in [1.29, 1.82) is 0 Å². The van der Waals surface area contributed by atoms with Crippen LogP contribution in [0.15, 0.2) is 42.7 Å². The number of nitrogens with zero attached hydrogens (tertiary/aromatic N) is 3. The van der Waals surface area contributed by atoms with Crippen molar-refractivity contribution in [3.8, 4) is 11.5 Å². The van der Waals surface area contributed by atoms with Crippen LogP contribution >= 0.6 is 0 Å². The summed E-state index contributed by atoms with van der Waals surface area (Å²) in [6.07, 6.45) is 3.62. The molecule has 1 aromatic carbocycles. The molecule has 1 fully saturated rings. The van der Waals surface area contributed by atoms with E-state index < -0.39 is 0 Å². The van der Waals surface area contributed by atoms with Crippen molar-refractivity contribution in [2.45, 2.75) is 6.54 Å². The number of benzene rings is 1. The van der Waals surface area contributed by atoms with Crippen molar-refractivity contribution in [2.24, 2.45) is 0 Å². The number of aromatic nitrogens is 1. The lowest BCUT2D eigenvalue weighted by atomic mass is 10.1. The fourth-order valence-electron chi connectivity index (χ4n) is 3.08. The second kappa shape index (κ2) is 7.98. The van der Waals surface area contributed by atoms with Crippen LogP contribution in [0.3, 0.4) is 0 Å². The molecule has 25 heavy (non-hydrogen) atoms. The number of hydrogen-bond donors (Lipinski definition) is 0. The first-order chi connectivity index (χ1) is 12.2. The molecule has 1 aliphatic heterocycles. The Hall–Kier alpha value is -2.60. The Kier molecular flexibility index (Phi) is 5.50. The van der Waals surface area contributed by atoms with Gasteiger partial charge >= 0.3 is 0 Å². The molecule has 0 radical (unpaired) electrons. The molecule has 3 rings (SSSR count). The molecule has 0 N–H and O–H groups in total. The van der Waals surface area contributed by atoms with Gasteiger partial charge in [0.1, 0.15) is 0 Å². The zero-order valence-electron chi connectivity index (χ0n) is 14.6. The van der Waals surface area contributed by atoms with Crippen LogP contribution in [0.4, 0.5) is 0 Å². The third-order valence-corrected chi connectivity index (χ3v) is 4.45. The van der Waals surface area contributed by atoms with Crippen LogP contribution in [0.1, 0.15) is 15.9 Å². The van der Waals surface area contributed by atoms with Crippen molar-refractivity contribution in [3.63, 3.8) is 0 Å². The molecule has 0 saturated carbocycles. The number of methoxy groups -OCH3 is 2. The molecule has 132 valence electrons. The Labute approximate surface area is 148 Å². The number of ether oxygens (including phenoxy) is 2. The van der Waals surface area contributed by atoms with Gasteiger partial charge in [0.05, 0.1) is 19.8 Å². The summed E-state index contributed by atoms with van der Waals surface area (Å²) in [5.74, 6) is 1.05. The van der Waals surface area contributed by atoms with Crippen LogP contribution in [-0.4, -0.2) is 61.1 Å². The smallest absolute Gasteiger partial charge is 0.257 e. The number of hydrogen-bond acceptors (Lipinski definition) is 5. The van der Waals surface area contributed by atoms with E-state index in [1.165, 1.54) is 5.56 Å². The van der Waals surface area contributed by atoms with Gasteiger partial charge in [-0.2, -0.15) is 0 Å². The largest absolute Gasteiger partial charge is 0.493 e. The SMILES string of the molecule is COc1cccc(C(=O)N2CCN(Cc3ccncc3)CC2)c1OC. The van der Waals surface area contributed by atoms with Crippen molar-refractivity contribution in [1.82, 2.24) is 14.8 Å². The average molecular weight is 341 g/mol.